The maximum absolute atomic E-state index is 13.5. The van der Waals surface area contributed by atoms with Crippen LogP contribution in [-0.4, -0.2) is 16.6 Å². The number of rotatable bonds is 2. The molecule has 3 rings (SSSR count). The number of nitrogens with zero attached hydrogens (tertiary/aromatic N) is 2. The highest BCUT2D eigenvalue weighted by molar-refractivity contribution is 9.10. The van der Waals surface area contributed by atoms with Gasteiger partial charge in [0.2, 0.25) is 0 Å². The molecule has 20 heavy (non-hydrogen) atoms. The standard InChI is InChI=1S/C13H12BrFN4O/c14-8-3-7(4-9(15)5-8)12-17-11-1-2-20-6-10(11)13(18-12)19-16/h3-5H,1-2,6,16H2,(H,17,18,19). The predicted molar refractivity (Wildman–Crippen MR) is 76.3 cm³/mol. The molecule has 1 aliphatic rings. The molecule has 0 amide bonds. The van der Waals surface area contributed by atoms with Gasteiger partial charge in [-0.05, 0) is 18.2 Å². The number of benzene rings is 1. The Hall–Kier alpha value is -1.57. The maximum atomic E-state index is 13.5. The van der Waals surface area contributed by atoms with Crippen LogP contribution in [0.5, 0.6) is 0 Å². The molecule has 0 atom stereocenters. The summed E-state index contributed by atoms with van der Waals surface area (Å²) in [4.78, 5) is 8.84. The molecule has 0 spiro atoms. The van der Waals surface area contributed by atoms with E-state index in [0.29, 0.717) is 41.3 Å². The van der Waals surface area contributed by atoms with Crippen molar-refractivity contribution in [1.82, 2.24) is 9.97 Å². The van der Waals surface area contributed by atoms with Gasteiger partial charge in [-0.3, -0.25) is 0 Å². The molecule has 1 aliphatic heterocycles. The van der Waals surface area contributed by atoms with Gasteiger partial charge in [-0.25, -0.2) is 20.2 Å². The van der Waals surface area contributed by atoms with Crippen LogP contribution in [0.25, 0.3) is 11.4 Å². The van der Waals surface area contributed by atoms with Crippen LogP contribution in [0, 0.1) is 5.82 Å². The molecule has 0 aliphatic carbocycles. The molecule has 2 heterocycles. The fraction of sp³-hybridized carbons (Fsp3) is 0.231. The lowest BCUT2D eigenvalue weighted by Gasteiger charge is -2.19. The van der Waals surface area contributed by atoms with Crippen molar-refractivity contribution in [1.29, 1.82) is 0 Å². The van der Waals surface area contributed by atoms with E-state index < -0.39 is 0 Å². The first-order chi connectivity index (χ1) is 9.67. The third-order valence-corrected chi connectivity index (χ3v) is 3.54. The van der Waals surface area contributed by atoms with Crippen molar-refractivity contribution < 1.29 is 9.13 Å². The summed E-state index contributed by atoms with van der Waals surface area (Å²) in [5, 5.41) is 0. The number of anilines is 1. The van der Waals surface area contributed by atoms with Gasteiger partial charge in [0, 0.05) is 22.0 Å². The summed E-state index contributed by atoms with van der Waals surface area (Å²) in [5.41, 5.74) is 4.90. The van der Waals surface area contributed by atoms with Crippen molar-refractivity contribution in [3.05, 3.63) is 39.7 Å². The van der Waals surface area contributed by atoms with Gasteiger partial charge in [-0.1, -0.05) is 15.9 Å². The molecular formula is C13H12BrFN4O. The third-order valence-electron chi connectivity index (χ3n) is 3.08. The number of nitrogens with one attached hydrogen (secondary N) is 1. The first-order valence-corrected chi connectivity index (χ1v) is 6.87. The number of hydrogen-bond donors (Lipinski definition) is 2. The Morgan fingerprint density at radius 1 is 1.30 bits per heavy atom. The zero-order valence-corrected chi connectivity index (χ0v) is 12.1. The number of ether oxygens (including phenoxy) is 1. The van der Waals surface area contributed by atoms with Gasteiger partial charge in [0.15, 0.2) is 5.82 Å². The molecule has 0 radical (unpaired) electrons. The van der Waals surface area contributed by atoms with Crippen molar-refractivity contribution in [2.24, 2.45) is 5.84 Å². The summed E-state index contributed by atoms with van der Waals surface area (Å²) < 4.78 is 19.5. The average Bonchev–Trinajstić information content (AvgIpc) is 2.45. The molecule has 0 saturated heterocycles. The summed E-state index contributed by atoms with van der Waals surface area (Å²) in [6.07, 6.45) is 0.690. The summed E-state index contributed by atoms with van der Waals surface area (Å²) >= 11 is 3.26. The number of halogens is 2. The second-order valence-electron chi connectivity index (χ2n) is 4.43. The topological polar surface area (TPSA) is 73.1 Å². The largest absolute Gasteiger partial charge is 0.376 e. The monoisotopic (exact) mass is 338 g/mol. The maximum Gasteiger partial charge on any atom is 0.161 e. The zero-order valence-electron chi connectivity index (χ0n) is 10.5. The number of aromatic nitrogens is 2. The Balaban J connectivity index is 2.14. The van der Waals surface area contributed by atoms with Crippen LogP contribution in [0.2, 0.25) is 0 Å². The van der Waals surface area contributed by atoms with Gasteiger partial charge >= 0.3 is 0 Å². The molecule has 1 aromatic carbocycles. The van der Waals surface area contributed by atoms with Crippen LogP contribution in [0.1, 0.15) is 11.3 Å². The third kappa shape index (κ3) is 2.52. The smallest absolute Gasteiger partial charge is 0.161 e. The van der Waals surface area contributed by atoms with E-state index in [1.165, 1.54) is 12.1 Å². The van der Waals surface area contributed by atoms with Crippen LogP contribution in [-0.2, 0) is 17.8 Å². The minimum absolute atomic E-state index is 0.346. The molecule has 0 saturated carbocycles. The van der Waals surface area contributed by atoms with Crippen LogP contribution in [0.4, 0.5) is 10.2 Å². The molecular weight excluding hydrogens is 327 g/mol. The number of nitrogen functional groups attached to an aromatic ring is 1. The number of hydrogen-bond acceptors (Lipinski definition) is 5. The Morgan fingerprint density at radius 3 is 2.90 bits per heavy atom. The second kappa shape index (κ2) is 5.43. The van der Waals surface area contributed by atoms with E-state index in [9.17, 15) is 4.39 Å². The molecule has 2 aromatic rings. The van der Waals surface area contributed by atoms with Gasteiger partial charge in [0.05, 0.1) is 18.9 Å². The molecule has 7 heteroatoms. The van der Waals surface area contributed by atoms with Crippen molar-refractivity contribution in [3.8, 4) is 11.4 Å². The minimum Gasteiger partial charge on any atom is -0.376 e. The second-order valence-corrected chi connectivity index (χ2v) is 5.34. The van der Waals surface area contributed by atoms with Crippen LogP contribution in [0.15, 0.2) is 22.7 Å². The summed E-state index contributed by atoms with van der Waals surface area (Å²) in [7, 11) is 0. The number of nitrogens with two attached hydrogens (primary N) is 1. The fourth-order valence-corrected chi connectivity index (χ4v) is 2.63. The Bertz CT molecular complexity index is 628. The van der Waals surface area contributed by atoms with Crippen LogP contribution >= 0.6 is 15.9 Å². The molecule has 0 unspecified atom stereocenters. The molecule has 0 fully saturated rings. The summed E-state index contributed by atoms with van der Waals surface area (Å²) in [6.45, 7) is 1.04. The van der Waals surface area contributed by atoms with Crippen molar-refractivity contribution in [2.45, 2.75) is 13.0 Å². The highest BCUT2D eigenvalue weighted by atomic mass is 79.9. The van der Waals surface area contributed by atoms with Gasteiger partial charge in [-0.2, -0.15) is 0 Å². The van der Waals surface area contributed by atoms with E-state index in [2.05, 4.69) is 31.3 Å². The van der Waals surface area contributed by atoms with Gasteiger partial charge in [0.25, 0.3) is 0 Å². The lowest BCUT2D eigenvalue weighted by Crippen LogP contribution is -2.19. The Labute approximate surface area is 123 Å². The fourth-order valence-electron chi connectivity index (χ4n) is 2.16. The summed E-state index contributed by atoms with van der Waals surface area (Å²) in [5.74, 6) is 6.12. The first-order valence-electron chi connectivity index (χ1n) is 6.08. The summed E-state index contributed by atoms with van der Waals surface area (Å²) in [6, 6.07) is 4.55. The molecule has 0 bridgehead atoms. The average molecular weight is 339 g/mol. The predicted octanol–water partition coefficient (Wildman–Crippen LogP) is 2.40. The highest BCUT2D eigenvalue weighted by Gasteiger charge is 2.18. The minimum atomic E-state index is -0.346. The van der Waals surface area contributed by atoms with E-state index in [0.717, 1.165) is 11.3 Å². The number of hydrazine groups is 1. The van der Waals surface area contributed by atoms with Gasteiger partial charge < -0.3 is 10.2 Å². The Morgan fingerprint density at radius 2 is 2.15 bits per heavy atom. The molecule has 1 aromatic heterocycles. The van der Waals surface area contributed by atoms with E-state index in [1.807, 2.05) is 0 Å². The van der Waals surface area contributed by atoms with Crippen molar-refractivity contribution in [2.75, 3.05) is 12.0 Å². The van der Waals surface area contributed by atoms with E-state index in [4.69, 9.17) is 10.6 Å². The van der Waals surface area contributed by atoms with Crippen LogP contribution < -0.4 is 11.3 Å². The number of fused-ring (bicyclic) bond motifs is 1. The Kier molecular flexibility index (Phi) is 3.64. The van der Waals surface area contributed by atoms with Crippen molar-refractivity contribution in [3.63, 3.8) is 0 Å². The first kappa shape index (κ1) is 13.4. The van der Waals surface area contributed by atoms with E-state index in [1.54, 1.807) is 6.07 Å². The van der Waals surface area contributed by atoms with Crippen LogP contribution in [0.3, 0.4) is 0 Å². The zero-order chi connectivity index (χ0) is 14.1. The quantitative estimate of drug-likeness (QED) is 0.649. The normalized spacial score (nSPS) is 13.9. The van der Waals surface area contributed by atoms with Gasteiger partial charge in [-0.15, -0.1) is 0 Å². The van der Waals surface area contributed by atoms with Gasteiger partial charge in [0.1, 0.15) is 11.6 Å². The van der Waals surface area contributed by atoms with E-state index in [-0.39, 0.29) is 5.82 Å². The lowest BCUT2D eigenvalue weighted by atomic mass is 10.1. The molecule has 104 valence electrons. The lowest BCUT2D eigenvalue weighted by molar-refractivity contribution is 0.109. The molecule has 5 nitrogen and oxygen atoms in total. The SMILES string of the molecule is NNc1nc(-c2cc(F)cc(Br)c2)nc2c1COCC2. The van der Waals surface area contributed by atoms with Crippen molar-refractivity contribution >= 4 is 21.7 Å². The molecule has 3 N–H and O–H groups in total. The van der Waals surface area contributed by atoms with E-state index >= 15 is 0 Å². The highest BCUT2D eigenvalue weighted by Crippen LogP contribution is 2.27.